The van der Waals surface area contributed by atoms with Crippen LogP contribution < -0.4 is 10.3 Å². The minimum absolute atomic E-state index is 0.0321. The lowest BCUT2D eigenvalue weighted by molar-refractivity contribution is -0.108. The lowest BCUT2D eigenvalue weighted by Gasteiger charge is -2.15. The molecule has 0 aliphatic heterocycles. The normalized spacial score (nSPS) is 10.4. The fourth-order valence-electron chi connectivity index (χ4n) is 2.37. The maximum Gasteiger partial charge on any atom is 0.251 e. The first-order chi connectivity index (χ1) is 10.9. The summed E-state index contributed by atoms with van der Waals surface area (Å²) in [5, 5.41) is 0. The molecule has 2 rings (SSSR count). The number of aromatic nitrogens is 1. The van der Waals surface area contributed by atoms with Crippen LogP contribution in [0.2, 0.25) is 0 Å². The van der Waals surface area contributed by atoms with Crippen molar-refractivity contribution in [2.75, 3.05) is 7.11 Å². The Labute approximate surface area is 132 Å². The summed E-state index contributed by atoms with van der Waals surface area (Å²) in [7, 11) is 1.37. The van der Waals surface area contributed by atoms with Gasteiger partial charge in [0.25, 0.3) is 5.56 Å². The number of methoxy groups -OCH3 is 1. The number of halogens is 1. The van der Waals surface area contributed by atoms with Crippen LogP contribution in [0.25, 0.3) is 11.1 Å². The van der Waals surface area contributed by atoms with Crippen LogP contribution in [0, 0.1) is 12.7 Å². The van der Waals surface area contributed by atoms with E-state index in [0.29, 0.717) is 11.8 Å². The second-order valence-corrected chi connectivity index (χ2v) is 5.09. The van der Waals surface area contributed by atoms with E-state index in [9.17, 15) is 18.8 Å². The molecule has 0 saturated heterocycles. The smallest absolute Gasteiger partial charge is 0.251 e. The molecule has 0 saturated carbocycles. The molecule has 0 bridgehead atoms. The van der Waals surface area contributed by atoms with Crippen LogP contribution in [0.15, 0.2) is 29.2 Å². The van der Waals surface area contributed by atoms with Gasteiger partial charge in [0.1, 0.15) is 17.9 Å². The minimum Gasteiger partial charge on any atom is -0.495 e. The van der Waals surface area contributed by atoms with Crippen molar-refractivity contribution in [3.8, 4) is 16.9 Å². The number of rotatable bonds is 5. The Morgan fingerprint density at radius 3 is 2.65 bits per heavy atom. The van der Waals surface area contributed by atoms with Crippen LogP contribution >= 0.6 is 0 Å². The van der Waals surface area contributed by atoms with Crippen LogP contribution in [-0.2, 0) is 11.3 Å². The Morgan fingerprint density at radius 2 is 2.09 bits per heavy atom. The van der Waals surface area contributed by atoms with Crippen LogP contribution in [-0.4, -0.2) is 23.7 Å². The highest BCUT2D eigenvalue weighted by atomic mass is 19.1. The Morgan fingerprint density at radius 1 is 1.39 bits per heavy atom. The highest BCUT2D eigenvalue weighted by Gasteiger charge is 2.20. The second-order valence-electron chi connectivity index (χ2n) is 5.09. The van der Waals surface area contributed by atoms with Crippen molar-refractivity contribution in [1.29, 1.82) is 0 Å². The minimum atomic E-state index is -0.580. The van der Waals surface area contributed by atoms with Gasteiger partial charge in [-0.1, -0.05) is 12.1 Å². The number of pyridine rings is 1. The van der Waals surface area contributed by atoms with Crippen molar-refractivity contribution in [3.05, 3.63) is 51.7 Å². The van der Waals surface area contributed by atoms with Gasteiger partial charge in [-0.05, 0) is 19.4 Å². The molecule has 0 N–H and O–H groups in total. The molecule has 1 heterocycles. The fourth-order valence-corrected chi connectivity index (χ4v) is 2.37. The van der Waals surface area contributed by atoms with Gasteiger partial charge >= 0.3 is 0 Å². The number of aryl methyl sites for hydroxylation is 1. The fraction of sp³-hybridized carbons (Fsp3) is 0.235. The molecule has 0 aliphatic rings. The summed E-state index contributed by atoms with van der Waals surface area (Å²) in [6, 6.07) is 4.20. The monoisotopic (exact) mass is 317 g/mol. The number of Topliss-reactive ketones (excluding diaryl/α,β-unsaturated/α-hetero) is 1. The highest BCUT2D eigenvalue weighted by Crippen LogP contribution is 2.34. The zero-order valence-electron chi connectivity index (χ0n) is 13.1. The lowest BCUT2D eigenvalue weighted by atomic mass is 9.94. The van der Waals surface area contributed by atoms with Gasteiger partial charge < -0.3 is 14.1 Å². The molecule has 0 atom stereocenters. The SMILES string of the molecule is COc1cn(CC=O)c(=O)cc1-c1c(C(C)=O)ccc(C)c1F. The molecule has 2 aromatic rings. The third-order valence-electron chi connectivity index (χ3n) is 3.56. The Bertz CT molecular complexity index is 839. The third-order valence-corrected chi connectivity index (χ3v) is 3.56. The van der Waals surface area contributed by atoms with Gasteiger partial charge in [0, 0.05) is 22.8 Å². The third kappa shape index (κ3) is 3.06. The van der Waals surface area contributed by atoms with Crippen molar-refractivity contribution < 1.29 is 18.7 Å². The summed E-state index contributed by atoms with van der Waals surface area (Å²) in [5.74, 6) is -0.694. The number of nitrogens with zero attached hydrogens (tertiary/aromatic N) is 1. The largest absolute Gasteiger partial charge is 0.495 e. The van der Waals surface area contributed by atoms with Crippen molar-refractivity contribution in [2.24, 2.45) is 0 Å². The molecule has 0 aliphatic carbocycles. The number of aldehydes is 1. The molecule has 0 unspecified atom stereocenters. The second kappa shape index (κ2) is 6.56. The van der Waals surface area contributed by atoms with Crippen LogP contribution in [0.1, 0.15) is 22.8 Å². The number of hydrogen-bond acceptors (Lipinski definition) is 4. The molecule has 120 valence electrons. The molecular weight excluding hydrogens is 301 g/mol. The molecule has 1 aromatic heterocycles. The molecule has 1 aromatic carbocycles. The van der Waals surface area contributed by atoms with E-state index >= 15 is 0 Å². The van der Waals surface area contributed by atoms with Crippen molar-refractivity contribution in [3.63, 3.8) is 0 Å². The van der Waals surface area contributed by atoms with E-state index in [2.05, 4.69) is 0 Å². The predicted molar refractivity (Wildman–Crippen MR) is 83.5 cm³/mol. The maximum absolute atomic E-state index is 14.6. The Kier molecular flexibility index (Phi) is 4.74. The lowest BCUT2D eigenvalue weighted by Crippen LogP contribution is -2.20. The van der Waals surface area contributed by atoms with E-state index < -0.39 is 11.4 Å². The zero-order valence-corrected chi connectivity index (χ0v) is 13.1. The van der Waals surface area contributed by atoms with Crippen molar-refractivity contribution in [2.45, 2.75) is 20.4 Å². The quantitative estimate of drug-likeness (QED) is 0.627. The first-order valence-corrected chi connectivity index (χ1v) is 6.93. The van der Waals surface area contributed by atoms with E-state index in [0.717, 1.165) is 4.57 Å². The van der Waals surface area contributed by atoms with Gasteiger partial charge in [0.05, 0.1) is 19.9 Å². The molecule has 0 spiro atoms. The number of ether oxygens (including phenoxy) is 1. The number of benzene rings is 1. The molecular formula is C17H16FNO4. The van der Waals surface area contributed by atoms with E-state index in [-0.39, 0.29) is 34.8 Å². The number of carbonyl (C=O) groups is 2. The van der Waals surface area contributed by atoms with E-state index in [4.69, 9.17) is 4.74 Å². The van der Waals surface area contributed by atoms with Crippen molar-refractivity contribution >= 4 is 12.1 Å². The van der Waals surface area contributed by atoms with Gasteiger partial charge in [-0.15, -0.1) is 0 Å². The molecule has 23 heavy (non-hydrogen) atoms. The molecule has 5 nitrogen and oxygen atoms in total. The van der Waals surface area contributed by atoms with Gasteiger partial charge in [-0.2, -0.15) is 0 Å². The summed E-state index contributed by atoms with van der Waals surface area (Å²) in [4.78, 5) is 34.5. The summed E-state index contributed by atoms with van der Waals surface area (Å²) in [5.41, 5.74) is 0.252. The topological polar surface area (TPSA) is 65.4 Å². The standard InChI is InChI=1S/C17H16FNO4/c1-10-4-5-12(11(2)21)16(17(10)18)13-8-15(22)19(6-7-20)9-14(13)23-3/h4-5,7-9H,6H2,1-3H3. The highest BCUT2D eigenvalue weighted by molar-refractivity contribution is 6.01. The van der Waals surface area contributed by atoms with Gasteiger partial charge in [-0.3, -0.25) is 9.59 Å². The van der Waals surface area contributed by atoms with E-state index in [1.54, 1.807) is 6.92 Å². The molecule has 0 amide bonds. The molecule has 0 radical (unpaired) electrons. The molecule has 0 fully saturated rings. The average molecular weight is 317 g/mol. The average Bonchev–Trinajstić information content (AvgIpc) is 2.51. The number of ketones is 1. The Balaban J connectivity index is 2.84. The first-order valence-electron chi connectivity index (χ1n) is 6.93. The van der Waals surface area contributed by atoms with Gasteiger partial charge in [0.15, 0.2) is 5.78 Å². The maximum atomic E-state index is 14.6. The van der Waals surface area contributed by atoms with Crippen molar-refractivity contribution in [1.82, 2.24) is 4.57 Å². The van der Waals surface area contributed by atoms with Gasteiger partial charge in [0.2, 0.25) is 0 Å². The summed E-state index contributed by atoms with van der Waals surface area (Å²) >= 11 is 0. The summed E-state index contributed by atoms with van der Waals surface area (Å²) < 4.78 is 21.0. The molecule has 6 heteroatoms. The van der Waals surface area contributed by atoms with Crippen LogP contribution in [0.3, 0.4) is 0 Å². The Hall–Kier alpha value is -2.76. The summed E-state index contributed by atoms with van der Waals surface area (Å²) in [6.45, 7) is 2.77. The summed E-state index contributed by atoms with van der Waals surface area (Å²) in [6.07, 6.45) is 1.91. The zero-order chi connectivity index (χ0) is 17.1. The van der Waals surface area contributed by atoms with E-state index in [1.807, 2.05) is 0 Å². The van der Waals surface area contributed by atoms with Crippen LogP contribution in [0.4, 0.5) is 4.39 Å². The number of carbonyl (C=O) groups excluding carboxylic acids is 2. The first kappa shape index (κ1) is 16.6. The van der Waals surface area contributed by atoms with Crippen LogP contribution in [0.5, 0.6) is 5.75 Å². The number of hydrogen-bond donors (Lipinski definition) is 0. The van der Waals surface area contributed by atoms with E-state index in [1.165, 1.54) is 38.4 Å². The van der Waals surface area contributed by atoms with Gasteiger partial charge in [-0.25, -0.2) is 4.39 Å². The predicted octanol–water partition coefficient (Wildman–Crippen LogP) is 2.37.